The van der Waals surface area contributed by atoms with Crippen LogP contribution in [0.5, 0.6) is 0 Å². The number of nitrogens with one attached hydrogen (secondary N) is 1. The van der Waals surface area contributed by atoms with Crippen LogP contribution in [-0.2, 0) is 4.74 Å². The molecule has 18 heavy (non-hydrogen) atoms. The van der Waals surface area contributed by atoms with Crippen molar-refractivity contribution in [1.82, 2.24) is 5.32 Å². The molecule has 0 radical (unpaired) electrons. The maximum atomic E-state index is 6.01. The molecule has 3 N–H and O–H groups in total. The first-order chi connectivity index (χ1) is 8.56. The number of rotatable bonds is 7. The molecule has 3 heteroatoms. The van der Waals surface area contributed by atoms with Gasteiger partial charge in [-0.2, -0.15) is 0 Å². The molecule has 0 amide bonds. The van der Waals surface area contributed by atoms with E-state index in [0.29, 0.717) is 17.9 Å². The quantitative estimate of drug-likeness (QED) is 0.736. The molecule has 0 aromatic heterocycles. The van der Waals surface area contributed by atoms with Crippen molar-refractivity contribution in [1.29, 1.82) is 0 Å². The van der Waals surface area contributed by atoms with Crippen LogP contribution in [-0.4, -0.2) is 31.3 Å². The molecule has 1 aliphatic heterocycles. The molecule has 1 aliphatic rings. The van der Waals surface area contributed by atoms with Crippen LogP contribution < -0.4 is 11.1 Å². The molecule has 0 aromatic rings. The van der Waals surface area contributed by atoms with Crippen molar-refractivity contribution in [3.05, 3.63) is 0 Å². The zero-order chi connectivity index (χ0) is 13.6. The fourth-order valence-corrected chi connectivity index (χ4v) is 2.85. The van der Waals surface area contributed by atoms with Gasteiger partial charge in [-0.3, -0.25) is 0 Å². The Balaban J connectivity index is 2.43. The monoisotopic (exact) mass is 256 g/mol. The van der Waals surface area contributed by atoms with E-state index in [1.807, 2.05) is 0 Å². The molecule has 1 saturated heterocycles. The molecule has 1 rings (SSSR count). The van der Waals surface area contributed by atoms with Crippen molar-refractivity contribution in [3.63, 3.8) is 0 Å². The SMILES string of the molecule is CCC1(CC)CC(NCC(CN)C(C)C)CCO1. The van der Waals surface area contributed by atoms with Crippen LogP contribution in [0.15, 0.2) is 0 Å². The van der Waals surface area contributed by atoms with Crippen LogP contribution in [0.25, 0.3) is 0 Å². The van der Waals surface area contributed by atoms with Crippen LogP contribution in [0, 0.1) is 11.8 Å². The van der Waals surface area contributed by atoms with Crippen molar-refractivity contribution in [2.24, 2.45) is 17.6 Å². The highest BCUT2D eigenvalue weighted by molar-refractivity contribution is 4.88. The Kier molecular flexibility index (Phi) is 6.61. The summed E-state index contributed by atoms with van der Waals surface area (Å²) >= 11 is 0. The van der Waals surface area contributed by atoms with Crippen molar-refractivity contribution >= 4 is 0 Å². The summed E-state index contributed by atoms with van der Waals surface area (Å²) in [6, 6.07) is 0.603. The van der Waals surface area contributed by atoms with Gasteiger partial charge in [-0.05, 0) is 50.6 Å². The Labute approximate surface area is 113 Å². The third kappa shape index (κ3) is 4.22. The average molecular weight is 256 g/mol. The van der Waals surface area contributed by atoms with Gasteiger partial charge in [-0.15, -0.1) is 0 Å². The second-order valence-corrected chi connectivity index (χ2v) is 6.08. The summed E-state index contributed by atoms with van der Waals surface area (Å²) in [7, 11) is 0. The Bertz CT molecular complexity index is 227. The first kappa shape index (κ1) is 15.9. The van der Waals surface area contributed by atoms with Crippen LogP contribution in [0.4, 0.5) is 0 Å². The lowest BCUT2D eigenvalue weighted by atomic mass is 9.85. The van der Waals surface area contributed by atoms with Gasteiger partial charge in [0.25, 0.3) is 0 Å². The second kappa shape index (κ2) is 7.46. The minimum atomic E-state index is 0.117. The first-order valence-electron chi connectivity index (χ1n) is 7.64. The van der Waals surface area contributed by atoms with Gasteiger partial charge in [-0.1, -0.05) is 27.7 Å². The highest BCUT2D eigenvalue weighted by atomic mass is 16.5. The topological polar surface area (TPSA) is 47.3 Å². The van der Waals surface area contributed by atoms with Crippen molar-refractivity contribution in [2.75, 3.05) is 19.7 Å². The van der Waals surface area contributed by atoms with Crippen LogP contribution in [0.3, 0.4) is 0 Å². The Hall–Kier alpha value is -0.120. The number of hydrogen-bond acceptors (Lipinski definition) is 3. The summed E-state index contributed by atoms with van der Waals surface area (Å²) in [5, 5.41) is 3.72. The fourth-order valence-electron chi connectivity index (χ4n) is 2.85. The summed E-state index contributed by atoms with van der Waals surface area (Å²) in [5.41, 5.74) is 5.95. The minimum Gasteiger partial charge on any atom is -0.375 e. The van der Waals surface area contributed by atoms with Crippen LogP contribution >= 0.6 is 0 Å². The second-order valence-electron chi connectivity index (χ2n) is 6.08. The standard InChI is InChI=1S/C15H32N2O/c1-5-15(6-2)9-14(7-8-18-15)17-11-13(10-16)12(3)4/h12-14,17H,5-11,16H2,1-4H3. The normalized spacial score (nSPS) is 25.3. The largest absolute Gasteiger partial charge is 0.375 e. The lowest BCUT2D eigenvalue weighted by Crippen LogP contribution is -2.48. The van der Waals surface area contributed by atoms with Crippen LogP contribution in [0.2, 0.25) is 0 Å². The predicted molar refractivity (Wildman–Crippen MR) is 77.7 cm³/mol. The van der Waals surface area contributed by atoms with E-state index in [0.717, 1.165) is 45.4 Å². The molecule has 108 valence electrons. The zero-order valence-electron chi connectivity index (χ0n) is 12.7. The predicted octanol–water partition coefficient (Wildman–Crippen LogP) is 2.54. The summed E-state index contributed by atoms with van der Waals surface area (Å²) < 4.78 is 6.01. The van der Waals surface area contributed by atoms with E-state index in [1.54, 1.807) is 0 Å². The van der Waals surface area contributed by atoms with E-state index < -0.39 is 0 Å². The zero-order valence-corrected chi connectivity index (χ0v) is 12.7. The maximum Gasteiger partial charge on any atom is 0.0692 e. The van der Waals surface area contributed by atoms with E-state index in [4.69, 9.17) is 10.5 Å². The highest BCUT2D eigenvalue weighted by Crippen LogP contribution is 2.31. The summed E-state index contributed by atoms with van der Waals surface area (Å²) in [6.07, 6.45) is 4.52. The third-order valence-corrected chi connectivity index (χ3v) is 4.70. The lowest BCUT2D eigenvalue weighted by molar-refractivity contribution is -0.0933. The van der Waals surface area contributed by atoms with Gasteiger partial charge in [0.05, 0.1) is 5.60 Å². The van der Waals surface area contributed by atoms with Crippen LogP contribution in [0.1, 0.15) is 53.4 Å². The summed E-state index contributed by atoms with van der Waals surface area (Å²) in [4.78, 5) is 0. The molecule has 2 unspecified atom stereocenters. The number of ether oxygens (including phenoxy) is 1. The van der Waals surface area contributed by atoms with E-state index in [-0.39, 0.29) is 5.60 Å². The smallest absolute Gasteiger partial charge is 0.0692 e. The highest BCUT2D eigenvalue weighted by Gasteiger charge is 2.34. The molecular weight excluding hydrogens is 224 g/mol. The lowest BCUT2D eigenvalue weighted by Gasteiger charge is -2.40. The average Bonchev–Trinajstić information content (AvgIpc) is 2.39. The van der Waals surface area contributed by atoms with Crippen molar-refractivity contribution in [2.45, 2.75) is 65.0 Å². The molecule has 1 heterocycles. The maximum absolute atomic E-state index is 6.01. The minimum absolute atomic E-state index is 0.117. The van der Waals surface area contributed by atoms with E-state index in [2.05, 4.69) is 33.0 Å². The van der Waals surface area contributed by atoms with Gasteiger partial charge in [0.15, 0.2) is 0 Å². The molecule has 0 aromatic carbocycles. The summed E-state index contributed by atoms with van der Waals surface area (Å²) in [5.74, 6) is 1.25. The molecule has 1 fully saturated rings. The molecule has 2 atom stereocenters. The molecule has 0 spiro atoms. The van der Waals surface area contributed by atoms with E-state index in [1.165, 1.54) is 0 Å². The number of nitrogens with two attached hydrogens (primary N) is 1. The Morgan fingerprint density at radius 3 is 2.50 bits per heavy atom. The van der Waals surface area contributed by atoms with E-state index >= 15 is 0 Å². The molecular formula is C15H32N2O. The van der Waals surface area contributed by atoms with Gasteiger partial charge in [0.2, 0.25) is 0 Å². The van der Waals surface area contributed by atoms with Gasteiger partial charge < -0.3 is 15.8 Å². The van der Waals surface area contributed by atoms with Gasteiger partial charge in [-0.25, -0.2) is 0 Å². The molecule has 0 aliphatic carbocycles. The molecule has 3 nitrogen and oxygen atoms in total. The third-order valence-electron chi connectivity index (χ3n) is 4.70. The van der Waals surface area contributed by atoms with Crippen molar-refractivity contribution in [3.8, 4) is 0 Å². The molecule has 0 saturated carbocycles. The van der Waals surface area contributed by atoms with Gasteiger partial charge >= 0.3 is 0 Å². The van der Waals surface area contributed by atoms with Gasteiger partial charge in [0.1, 0.15) is 0 Å². The summed E-state index contributed by atoms with van der Waals surface area (Å²) in [6.45, 7) is 11.7. The Morgan fingerprint density at radius 1 is 1.33 bits per heavy atom. The van der Waals surface area contributed by atoms with Crippen molar-refractivity contribution < 1.29 is 4.74 Å². The fraction of sp³-hybridized carbons (Fsp3) is 1.00. The number of hydrogen-bond donors (Lipinski definition) is 2. The first-order valence-corrected chi connectivity index (χ1v) is 7.64. The molecule has 0 bridgehead atoms. The Morgan fingerprint density at radius 2 is 2.00 bits per heavy atom. The van der Waals surface area contributed by atoms with E-state index in [9.17, 15) is 0 Å². The van der Waals surface area contributed by atoms with Gasteiger partial charge in [0, 0.05) is 12.6 Å².